The lowest BCUT2D eigenvalue weighted by atomic mass is 10.1. The second-order valence-corrected chi connectivity index (χ2v) is 6.87. The first kappa shape index (κ1) is 18.7. The van der Waals surface area contributed by atoms with E-state index in [4.69, 9.17) is 10.00 Å². The smallest absolute Gasteiger partial charge is 0.334 e. The molecule has 0 saturated carbocycles. The maximum Gasteiger partial charge on any atom is 0.334 e. The highest BCUT2D eigenvalue weighted by molar-refractivity contribution is 7.98. The molecule has 0 radical (unpaired) electrons. The monoisotopic (exact) mass is 380 g/mol. The van der Waals surface area contributed by atoms with E-state index in [-0.39, 0.29) is 5.75 Å². The first-order valence-electron chi connectivity index (χ1n) is 8.24. The molecule has 1 atom stereocenters. The minimum absolute atomic E-state index is 0.254. The zero-order chi connectivity index (χ0) is 19.4. The van der Waals surface area contributed by atoms with Gasteiger partial charge in [-0.2, -0.15) is 17.0 Å². The van der Waals surface area contributed by atoms with Crippen LogP contribution in [0.5, 0.6) is 5.75 Å². The molecule has 1 heterocycles. The summed E-state index contributed by atoms with van der Waals surface area (Å²) < 4.78 is 5.38. The quantitative estimate of drug-likeness (QED) is 0.435. The maximum atomic E-state index is 12.8. The highest BCUT2D eigenvalue weighted by atomic mass is 32.2. The van der Waals surface area contributed by atoms with E-state index in [1.165, 1.54) is 36.0 Å². The van der Waals surface area contributed by atoms with Gasteiger partial charge in [0, 0.05) is 0 Å². The van der Waals surface area contributed by atoms with Crippen molar-refractivity contribution in [2.75, 3.05) is 12.0 Å². The fraction of sp³-hybridized carbons (Fsp3) is 0.200. The molecule has 0 unspecified atom stereocenters. The fourth-order valence-electron chi connectivity index (χ4n) is 2.85. The molecule has 3 rings (SSSR count). The van der Waals surface area contributed by atoms with Crippen LogP contribution in [-0.4, -0.2) is 40.7 Å². The Kier molecular flexibility index (Phi) is 5.57. The first-order chi connectivity index (χ1) is 13.1. The van der Waals surface area contributed by atoms with Gasteiger partial charge in [-0.3, -0.25) is 14.5 Å². The molecule has 1 aliphatic heterocycles. The van der Waals surface area contributed by atoms with Crippen molar-refractivity contribution in [3.05, 3.63) is 65.2 Å². The number of fused-ring (bicyclic) bond motifs is 1. The second kappa shape index (κ2) is 8.06. The number of rotatable bonds is 6. The summed E-state index contributed by atoms with van der Waals surface area (Å²) in [5.74, 6) is -0.814. The molecule has 2 aromatic carbocycles. The van der Waals surface area contributed by atoms with Gasteiger partial charge >= 0.3 is 5.97 Å². The molecule has 0 spiro atoms. The first-order valence-corrected chi connectivity index (χ1v) is 9.64. The molecule has 2 aromatic rings. The Morgan fingerprint density at radius 2 is 1.70 bits per heavy atom. The summed E-state index contributed by atoms with van der Waals surface area (Å²) in [6.07, 6.45) is 2.17. The van der Waals surface area contributed by atoms with Crippen molar-refractivity contribution in [2.45, 2.75) is 12.5 Å². The maximum absolute atomic E-state index is 12.8. The van der Waals surface area contributed by atoms with Crippen LogP contribution >= 0.6 is 11.8 Å². The SMILES string of the molecule is CSCC[C@@H](C(=O)Oc1ccc(C#N)cc1)N1C(=O)c2ccccc2C1=O. The molecule has 0 aromatic heterocycles. The number of carbonyl (C=O) groups is 3. The Hall–Kier alpha value is -3.11. The van der Waals surface area contributed by atoms with E-state index in [1.807, 2.05) is 12.3 Å². The molecule has 7 heteroatoms. The van der Waals surface area contributed by atoms with Crippen LogP contribution in [0.1, 0.15) is 32.7 Å². The standard InChI is InChI=1S/C20H16N2O4S/c1-27-11-10-17(20(25)26-14-8-6-13(12-21)7-9-14)22-18(23)15-4-2-3-5-16(15)19(22)24/h2-9,17H,10-11H2,1H3/t17-/m0/s1. The highest BCUT2D eigenvalue weighted by Crippen LogP contribution is 2.27. The van der Waals surface area contributed by atoms with Gasteiger partial charge in [-0.1, -0.05) is 12.1 Å². The van der Waals surface area contributed by atoms with Gasteiger partial charge in [0.05, 0.1) is 22.8 Å². The third-order valence-electron chi connectivity index (χ3n) is 4.21. The Morgan fingerprint density at radius 1 is 1.11 bits per heavy atom. The van der Waals surface area contributed by atoms with Crippen LogP contribution < -0.4 is 4.74 Å². The average molecular weight is 380 g/mol. The van der Waals surface area contributed by atoms with E-state index in [9.17, 15) is 14.4 Å². The van der Waals surface area contributed by atoms with Crippen molar-refractivity contribution >= 4 is 29.5 Å². The number of carbonyl (C=O) groups excluding carboxylic acids is 3. The Bertz CT molecular complexity index is 899. The molecule has 0 aliphatic carbocycles. The predicted molar refractivity (Wildman–Crippen MR) is 101 cm³/mol. The summed E-state index contributed by atoms with van der Waals surface area (Å²) in [5, 5.41) is 8.84. The molecular weight excluding hydrogens is 364 g/mol. The number of ether oxygens (including phenoxy) is 1. The summed E-state index contributed by atoms with van der Waals surface area (Å²) >= 11 is 1.51. The van der Waals surface area contributed by atoms with Crippen LogP contribution in [-0.2, 0) is 4.79 Å². The van der Waals surface area contributed by atoms with E-state index in [1.54, 1.807) is 24.3 Å². The summed E-state index contributed by atoms with van der Waals surface area (Å²) in [7, 11) is 0. The molecule has 0 bridgehead atoms. The predicted octanol–water partition coefficient (Wildman–Crippen LogP) is 2.88. The number of hydrogen-bond acceptors (Lipinski definition) is 6. The molecule has 6 nitrogen and oxygen atoms in total. The molecule has 0 fully saturated rings. The minimum Gasteiger partial charge on any atom is -0.425 e. The Morgan fingerprint density at radius 3 is 2.22 bits per heavy atom. The average Bonchev–Trinajstić information content (AvgIpc) is 2.94. The molecule has 1 aliphatic rings. The third-order valence-corrected chi connectivity index (χ3v) is 4.85. The van der Waals surface area contributed by atoms with E-state index in [2.05, 4.69) is 0 Å². The lowest BCUT2D eigenvalue weighted by molar-refractivity contribution is -0.138. The van der Waals surface area contributed by atoms with Crippen molar-refractivity contribution in [3.63, 3.8) is 0 Å². The van der Waals surface area contributed by atoms with Gasteiger partial charge in [0.25, 0.3) is 11.8 Å². The lowest BCUT2D eigenvalue weighted by Gasteiger charge is -2.24. The number of thioether (sulfide) groups is 1. The number of nitrogens with zero attached hydrogens (tertiary/aromatic N) is 2. The lowest BCUT2D eigenvalue weighted by Crippen LogP contribution is -2.47. The fourth-order valence-corrected chi connectivity index (χ4v) is 3.31. The zero-order valence-electron chi connectivity index (χ0n) is 14.5. The van der Waals surface area contributed by atoms with Gasteiger partial charge in [0.15, 0.2) is 0 Å². The van der Waals surface area contributed by atoms with Crippen LogP contribution in [0, 0.1) is 11.3 Å². The van der Waals surface area contributed by atoms with Gasteiger partial charge < -0.3 is 4.74 Å². The number of esters is 1. The summed E-state index contributed by atoms with van der Waals surface area (Å²) in [5.41, 5.74) is 1.03. The van der Waals surface area contributed by atoms with E-state index in [0.29, 0.717) is 28.9 Å². The molecule has 0 N–H and O–H groups in total. The minimum atomic E-state index is -1.01. The van der Waals surface area contributed by atoms with Crippen molar-refractivity contribution in [3.8, 4) is 11.8 Å². The van der Waals surface area contributed by atoms with Crippen LogP contribution in [0.4, 0.5) is 0 Å². The number of benzene rings is 2. The Balaban J connectivity index is 1.85. The van der Waals surface area contributed by atoms with Gasteiger partial charge in [-0.05, 0) is 54.8 Å². The highest BCUT2D eigenvalue weighted by Gasteiger charge is 2.43. The molecule has 27 heavy (non-hydrogen) atoms. The van der Waals surface area contributed by atoms with E-state index < -0.39 is 23.8 Å². The van der Waals surface area contributed by atoms with E-state index in [0.717, 1.165) is 4.90 Å². The van der Waals surface area contributed by atoms with Gasteiger partial charge in [0.2, 0.25) is 0 Å². The second-order valence-electron chi connectivity index (χ2n) is 5.88. The number of hydrogen-bond donors (Lipinski definition) is 0. The molecule has 2 amide bonds. The van der Waals surface area contributed by atoms with Crippen LogP contribution in [0.25, 0.3) is 0 Å². The number of imide groups is 1. The molecule has 136 valence electrons. The van der Waals surface area contributed by atoms with E-state index >= 15 is 0 Å². The largest absolute Gasteiger partial charge is 0.425 e. The summed E-state index contributed by atoms with van der Waals surface area (Å²) in [6, 6.07) is 13.6. The Labute approximate surface area is 160 Å². The van der Waals surface area contributed by atoms with Crippen molar-refractivity contribution < 1.29 is 19.1 Å². The van der Waals surface area contributed by atoms with Crippen molar-refractivity contribution in [2.24, 2.45) is 0 Å². The normalized spacial score (nSPS) is 13.9. The molecule has 0 saturated heterocycles. The third kappa shape index (κ3) is 3.71. The number of nitriles is 1. The van der Waals surface area contributed by atoms with Crippen LogP contribution in [0.3, 0.4) is 0 Å². The van der Waals surface area contributed by atoms with Crippen LogP contribution in [0.15, 0.2) is 48.5 Å². The van der Waals surface area contributed by atoms with Gasteiger partial charge in [-0.15, -0.1) is 0 Å². The summed E-state index contributed by atoms with van der Waals surface area (Å²) in [4.78, 5) is 39.2. The number of amides is 2. The van der Waals surface area contributed by atoms with Crippen molar-refractivity contribution in [1.82, 2.24) is 4.90 Å². The van der Waals surface area contributed by atoms with Gasteiger partial charge in [-0.25, -0.2) is 4.79 Å². The summed E-state index contributed by atoms with van der Waals surface area (Å²) in [6.45, 7) is 0. The van der Waals surface area contributed by atoms with Gasteiger partial charge in [0.1, 0.15) is 11.8 Å². The van der Waals surface area contributed by atoms with Crippen LogP contribution in [0.2, 0.25) is 0 Å². The molecular formula is C20H16N2O4S. The van der Waals surface area contributed by atoms with Crippen molar-refractivity contribution in [1.29, 1.82) is 5.26 Å². The topological polar surface area (TPSA) is 87.5 Å². The zero-order valence-corrected chi connectivity index (χ0v) is 15.4.